The zero-order valence-electron chi connectivity index (χ0n) is 14.6. The molecule has 2 heterocycles. The van der Waals surface area contributed by atoms with Crippen LogP contribution in [0.15, 0.2) is 39.9 Å². The Morgan fingerprint density at radius 1 is 1.27 bits per heavy atom. The van der Waals surface area contributed by atoms with E-state index in [2.05, 4.69) is 10.1 Å². The van der Waals surface area contributed by atoms with Crippen LogP contribution in [-0.2, 0) is 14.6 Å². The summed E-state index contributed by atoms with van der Waals surface area (Å²) in [7, 11) is -3.58. The Labute approximate surface area is 156 Å². The standard InChI is InChI=1S/C17H18N4O3S2/c1-10(2)9-26(23,24)17-20-21-14(18)13(15(22)19-16(21)25-17)8-12-6-4-11(3)5-7-12/h4-8,10,18H,9H2,1-3H3/b13-8-,18-14?. The van der Waals surface area contributed by atoms with Gasteiger partial charge in [0.15, 0.2) is 5.84 Å². The van der Waals surface area contributed by atoms with E-state index in [4.69, 9.17) is 5.41 Å². The first kappa shape index (κ1) is 18.5. The van der Waals surface area contributed by atoms with Crippen LogP contribution in [0.5, 0.6) is 0 Å². The highest BCUT2D eigenvalue weighted by Crippen LogP contribution is 2.30. The summed E-state index contributed by atoms with van der Waals surface area (Å²) in [6, 6.07) is 7.47. The summed E-state index contributed by atoms with van der Waals surface area (Å²) in [5.74, 6) is -0.858. The van der Waals surface area contributed by atoms with Crippen LogP contribution in [0, 0.1) is 18.3 Å². The number of hydrogen-bond donors (Lipinski definition) is 1. The Balaban J connectivity index is 1.94. The average Bonchev–Trinajstić information content (AvgIpc) is 2.97. The summed E-state index contributed by atoms with van der Waals surface area (Å²) < 4.78 is 24.6. The normalized spacial score (nSPS) is 19.1. The van der Waals surface area contributed by atoms with Gasteiger partial charge in [0.25, 0.3) is 5.91 Å². The fourth-order valence-electron chi connectivity index (χ4n) is 2.44. The molecule has 1 aromatic carbocycles. The van der Waals surface area contributed by atoms with Crippen molar-refractivity contribution in [3.63, 3.8) is 0 Å². The summed E-state index contributed by atoms with van der Waals surface area (Å²) >= 11 is 0.810. The van der Waals surface area contributed by atoms with Crippen molar-refractivity contribution in [3.05, 3.63) is 41.0 Å². The van der Waals surface area contributed by atoms with Crippen LogP contribution in [0.1, 0.15) is 25.0 Å². The van der Waals surface area contributed by atoms with Crippen molar-refractivity contribution in [2.75, 3.05) is 5.75 Å². The first-order valence-electron chi connectivity index (χ1n) is 7.97. The smallest absolute Gasteiger partial charge is 0.282 e. The van der Waals surface area contributed by atoms with E-state index in [1.54, 1.807) is 19.9 Å². The van der Waals surface area contributed by atoms with Gasteiger partial charge >= 0.3 is 0 Å². The fraction of sp³-hybridized carbons (Fsp3) is 0.294. The monoisotopic (exact) mass is 390 g/mol. The Kier molecular flexibility index (Phi) is 4.85. The predicted molar refractivity (Wildman–Crippen MR) is 105 cm³/mol. The van der Waals surface area contributed by atoms with Crippen LogP contribution in [0.25, 0.3) is 6.08 Å². The third-order valence-corrected chi connectivity index (χ3v) is 7.08. The molecule has 0 atom stereocenters. The van der Waals surface area contributed by atoms with Gasteiger partial charge in [0, 0.05) is 0 Å². The number of nitrogens with zero attached hydrogens (tertiary/aromatic N) is 3. The maximum Gasteiger partial charge on any atom is 0.283 e. The number of sulfone groups is 1. The Morgan fingerprint density at radius 3 is 2.54 bits per heavy atom. The van der Waals surface area contributed by atoms with Crippen molar-refractivity contribution in [1.82, 2.24) is 5.01 Å². The molecule has 1 N–H and O–H groups in total. The highest BCUT2D eigenvalue weighted by molar-refractivity contribution is 8.42. The van der Waals surface area contributed by atoms with Gasteiger partial charge in [0.2, 0.25) is 19.4 Å². The van der Waals surface area contributed by atoms with Crippen LogP contribution in [0.4, 0.5) is 0 Å². The van der Waals surface area contributed by atoms with Crippen molar-refractivity contribution >= 4 is 49.0 Å². The first-order valence-corrected chi connectivity index (χ1v) is 10.4. The maximum absolute atomic E-state index is 12.4. The maximum atomic E-state index is 12.4. The van der Waals surface area contributed by atoms with Crippen LogP contribution in [0.3, 0.4) is 0 Å². The fourth-order valence-corrected chi connectivity index (χ4v) is 5.23. The zero-order chi connectivity index (χ0) is 19.1. The number of aliphatic imine (C=N–C) groups is 1. The van der Waals surface area contributed by atoms with E-state index in [0.717, 1.165) is 27.9 Å². The van der Waals surface area contributed by atoms with Crippen LogP contribution < -0.4 is 0 Å². The van der Waals surface area contributed by atoms with Crippen molar-refractivity contribution in [2.45, 2.75) is 20.8 Å². The van der Waals surface area contributed by atoms with E-state index in [9.17, 15) is 13.2 Å². The number of nitrogens with one attached hydrogen (secondary N) is 1. The lowest BCUT2D eigenvalue weighted by atomic mass is 10.1. The van der Waals surface area contributed by atoms with E-state index in [-0.39, 0.29) is 32.6 Å². The molecule has 1 aromatic rings. The predicted octanol–water partition coefficient (Wildman–Crippen LogP) is 2.64. The van der Waals surface area contributed by atoms with Crippen molar-refractivity contribution in [3.8, 4) is 0 Å². The molecule has 9 heteroatoms. The van der Waals surface area contributed by atoms with Gasteiger partial charge in [0.05, 0.1) is 11.3 Å². The second-order valence-electron chi connectivity index (χ2n) is 6.47. The molecule has 0 radical (unpaired) electrons. The number of hydrogen-bond acceptors (Lipinski definition) is 6. The molecule has 2 aliphatic heterocycles. The molecule has 3 rings (SSSR count). The number of carbonyl (C=O) groups excluding carboxylic acids is 1. The van der Waals surface area contributed by atoms with Gasteiger partial charge in [-0.15, -0.1) is 5.10 Å². The first-order chi connectivity index (χ1) is 12.2. The van der Waals surface area contributed by atoms with Gasteiger partial charge in [-0.3, -0.25) is 10.2 Å². The second kappa shape index (κ2) is 6.81. The molecule has 0 saturated carbocycles. The number of thioether (sulfide) groups is 1. The molecule has 2 aliphatic rings. The molecular formula is C17H18N4O3S2. The lowest BCUT2D eigenvalue weighted by Crippen LogP contribution is -2.35. The Hall–Kier alpha value is -2.26. The van der Waals surface area contributed by atoms with Crippen molar-refractivity contribution in [2.24, 2.45) is 16.0 Å². The second-order valence-corrected chi connectivity index (χ2v) is 9.64. The summed E-state index contributed by atoms with van der Waals surface area (Å²) in [4.78, 5) is 16.2. The summed E-state index contributed by atoms with van der Waals surface area (Å²) in [6.45, 7) is 5.56. The minimum Gasteiger partial charge on any atom is -0.282 e. The Bertz CT molecular complexity index is 974. The molecule has 7 nitrogen and oxygen atoms in total. The molecule has 0 bridgehead atoms. The highest BCUT2D eigenvalue weighted by atomic mass is 32.3. The Morgan fingerprint density at radius 2 is 1.92 bits per heavy atom. The number of carbonyl (C=O) groups is 1. The number of amides is 1. The minimum absolute atomic E-state index is 0.0483. The van der Waals surface area contributed by atoms with E-state index in [1.165, 1.54) is 0 Å². The van der Waals surface area contributed by atoms with E-state index in [0.29, 0.717) is 0 Å². The largest absolute Gasteiger partial charge is 0.283 e. The van der Waals surface area contributed by atoms with Gasteiger partial charge in [-0.05, 0) is 36.2 Å². The number of fused-ring (bicyclic) bond motifs is 1. The zero-order valence-corrected chi connectivity index (χ0v) is 16.2. The van der Waals surface area contributed by atoms with Gasteiger partial charge in [-0.1, -0.05) is 43.7 Å². The lowest BCUT2D eigenvalue weighted by molar-refractivity contribution is -0.114. The van der Waals surface area contributed by atoms with Crippen LogP contribution in [0.2, 0.25) is 0 Å². The van der Waals surface area contributed by atoms with Gasteiger partial charge in [-0.25, -0.2) is 8.42 Å². The van der Waals surface area contributed by atoms with Crippen LogP contribution >= 0.6 is 11.8 Å². The number of hydrazone groups is 1. The molecule has 0 fully saturated rings. The van der Waals surface area contributed by atoms with Gasteiger partial charge < -0.3 is 0 Å². The summed E-state index contributed by atoms with van der Waals surface area (Å²) in [5.41, 5.74) is 1.91. The van der Waals surface area contributed by atoms with Crippen molar-refractivity contribution < 1.29 is 13.2 Å². The molecule has 1 amide bonds. The molecule has 0 aromatic heterocycles. The molecule has 0 aliphatic carbocycles. The van der Waals surface area contributed by atoms with Gasteiger partial charge in [0.1, 0.15) is 0 Å². The molecule has 0 spiro atoms. The third-order valence-electron chi connectivity index (χ3n) is 3.64. The summed E-state index contributed by atoms with van der Waals surface area (Å²) in [6.07, 6.45) is 1.56. The SMILES string of the molecule is Cc1ccc(/C=C2/C(=N)N3N=C(S(=O)(=O)CC(C)C)SC3=NC2=O)cc1. The number of rotatable bonds is 3. The molecule has 0 saturated heterocycles. The van der Waals surface area contributed by atoms with E-state index in [1.807, 2.05) is 31.2 Å². The number of amidine groups is 2. The number of benzene rings is 1. The summed E-state index contributed by atoms with van der Waals surface area (Å²) in [5, 5.41) is 13.5. The van der Waals surface area contributed by atoms with Gasteiger partial charge in [-0.2, -0.15) is 10.0 Å². The minimum atomic E-state index is -3.58. The average molecular weight is 390 g/mol. The molecule has 26 heavy (non-hydrogen) atoms. The molecule has 0 unspecified atom stereocenters. The van der Waals surface area contributed by atoms with E-state index >= 15 is 0 Å². The van der Waals surface area contributed by atoms with Crippen molar-refractivity contribution in [1.29, 1.82) is 5.41 Å². The molecule has 136 valence electrons. The van der Waals surface area contributed by atoms with Crippen LogP contribution in [-0.4, -0.2) is 40.5 Å². The third kappa shape index (κ3) is 3.63. The lowest BCUT2D eigenvalue weighted by Gasteiger charge is -2.20. The van der Waals surface area contributed by atoms with E-state index < -0.39 is 15.7 Å². The number of aryl methyl sites for hydroxylation is 1. The highest BCUT2D eigenvalue weighted by Gasteiger charge is 2.39. The quantitative estimate of drug-likeness (QED) is 0.799. The topological polar surface area (TPSA) is 103 Å². The molecular weight excluding hydrogens is 372 g/mol.